The van der Waals surface area contributed by atoms with Crippen LogP contribution in [0.25, 0.3) is 0 Å². The lowest BCUT2D eigenvalue weighted by Crippen LogP contribution is -2.07. The number of aryl methyl sites for hydroxylation is 1. The largest absolute Gasteiger partial charge is 0.478 e. The second kappa shape index (κ2) is 6.65. The first-order valence-electron chi connectivity index (χ1n) is 6.49. The van der Waals surface area contributed by atoms with Crippen LogP contribution in [0.4, 0.5) is 5.82 Å². The van der Waals surface area contributed by atoms with Crippen LogP contribution in [0, 0.1) is 6.92 Å². The SMILES string of the molecule is CCOc1cc(NCc2cc(C(=O)O)ccn2)nc(C)n1. The lowest BCUT2D eigenvalue weighted by molar-refractivity contribution is 0.0696. The molecule has 2 aromatic heterocycles. The lowest BCUT2D eigenvalue weighted by Gasteiger charge is -2.08. The van der Waals surface area contributed by atoms with Gasteiger partial charge in [0.15, 0.2) is 0 Å². The molecule has 0 aromatic carbocycles. The van der Waals surface area contributed by atoms with Gasteiger partial charge in [-0.15, -0.1) is 0 Å². The van der Waals surface area contributed by atoms with Crippen molar-refractivity contribution in [2.75, 3.05) is 11.9 Å². The number of carbonyl (C=O) groups is 1. The van der Waals surface area contributed by atoms with Gasteiger partial charge in [-0.05, 0) is 26.0 Å². The van der Waals surface area contributed by atoms with Crippen LogP contribution < -0.4 is 10.1 Å². The van der Waals surface area contributed by atoms with Gasteiger partial charge < -0.3 is 15.2 Å². The summed E-state index contributed by atoms with van der Waals surface area (Å²) in [6.07, 6.45) is 1.47. The molecular weight excluding hydrogens is 272 g/mol. The van der Waals surface area contributed by atoms with Crippen molar-refractivity contribution < 1.29 is 14.6 Å². The van der Waals surface area contributed by atoms with Crippen LogP contribution >= 0.6 is 0 Å². The molecule has 110 valence electrons. The third-order valence-electron chi connectivity index (χ3n) is 2.62. The Bertz CT molecular complexity index is 646. The fraction of sp³-hybridized carbons (Fsp3) is 0.286. The number of nitrogens with one attached hydrogen (secondary N) is 1. The number of carboxylic acids is 1. The zero-order valence-electron chi connectivity index (χ0n) is 11.8. The minimum Gasteiger partial charge on any atom is -0.478 e. The summed E-state index contributed by atoms with van der Waals surface area (Å²) in [4.78, 5) is 23.4. The summed E-state index contributed by atoms with van der Waals surface area (Å²) in [5.74, 6) is 0.721. The minimum atomic E-state index is -0.977. The van der Waals surface area contributed by atoms with Crippen LogP contribution in [0.3, 0.4) is 0 Å². The first-order chi connectivity index (χ1) is 10.1. The summed E-state index contributed by atoms with van der Waals surface area (Å²) in [6.45, 7) is 4.55. The van der Waals surface area contributed by atoms with Crippen LogP contribution in [-0.2, 0) is 6.54 Å². The molecule has 0 aliphatic heterocycles. The van der Waals surface area contributed by atoms with Crippen molar-refractivity contribution in [3.8, 4) is 5.88 Å². The first kappa shape index (κ1) is 14.7. The van der Waals surface area contributed by atoms with Gasteiger partial charge in [0, 0.05) is 12.3 Å². The first-order valence-corrected chi connectivity index (χ1v) is 6.49. The van der Waals surface area contributed by atoms with Gasteiger partial charge in [-0.2, -0.15) is 4.98 Å². The van der Waals surface area contributed by atoms with E-state index in [1.54, 1.807) is 13.0 Å². The summed E-state index contributed by atoms with van der Waals surface area (Å²) in [7, 11) is 0. The van der Waals surface area contributed by atoms with Crippen LogP contribution in [0.2, 0.25) is 0 Å². The molecule has 0 aliphatic carbocycles. The lowest BCUT2D eigenvalue weighted by atomic mass is 10.2. The molecule has 7 nitrogen and oxygen atoms in total. The number of anilines is 1. The maximum atomic E-state index is 10.9. The van der Waals surface area contributed by atoms with E-state index in [0.29, 0.717) is 36.4 Å². The van der Waals surface area contributed by atoms with E-state index in [4.69, 9.17) is 9.84 Å². The summed E-state index contributed by atoms with van der Waals surface area (Å²) in [6, 6.07) is 4.66. The van der Waals surface area contributed by atoms with Gasteiger partial charge in [-0.3, -0.25) is 4.98 Å². The number of aromatic nitrogens is 3. The molecule has 0 saturated carbocycles. The fourth-order valence-electron chi connectivity index (χ4n) is 1.74. The average Bonchev–Trinajstić information content (AvgIpc) is 2.45. The normalized spacial score (nSPS) is 10.2. The molecule has 0 unspecified atom stereocenters. The van der Waals surface area contributed by atoms with E-state index in [0.717, 1.165) is 0 Å². The Morgan fingerprint density at radius 1 is 1.38 bits per heavy atom. The maximum Gasteiger partial charge on any atom is 0.335 e. The van der Waals surface area contributed by atoms with Crippen LogP contribution in [0.15, 0.2) is 24.4 Å². The van der Waals surface area contributed by atoms with E-state index in [1.165, 1.54) is 18.3 Å². The predicted molar refractivity (Wildman–Crippen MR) is 76.5 cm³/mol. The van der Waals surface area contributed by atoms with E-state index < -0.39 is 5.97 Å². The van der Waals surface area contributed by atoms with Crippen LogP contribution in [0.5, 0.6) is 5.88 Å². The Morgan fingerprint density at radius 2 is 2.19 bits per heavy atom. The van der Waals surface area contributed by atoms with Crippen molar-refractivity contribution in [2.45, 2.75) is 20.4 Å². The molecule has 21 heavy (non-hydrogen) atoms. The molecule has 2 heterocycles. The Labute approximate surface area is 122 Å². The van der Waals surface area contributed by atoms with E-state index in [1.807, 2.05) is 6.92 Å². The number of rotatable bonds is 6. The van der Waals surface area contributed by atoms with Gasteiger partial charge >= 0.3 is 5.97 Å². The molecule has 0 saturated heterocycles. The predicted octanol–water partition coefficient (Wildman–Crippen LogP) is 1.89. The molecule has 0 aliphatic rings. The molecule has 0 radical (unpaired) electrons. The Balaban J connectivity index is 2.09. The van der Waals surface area contributed by atoms with Gasteiger partial charge in [-0.25, -0.2) is 9.78 Å². The van der Waals surface area contributed by atoms with Gasteiger partial charge in [0.1, 0.15) is 11.6 Å². The Kier molecular flexibility index (Phi) is 4.65. The number of aromatic carboxylic acids is 1. The van der Waals surface area contributed by atoms with Crippen LogP contribution in [-0.4, -0.2) is 32.6 Å². The summed E-state index contributed by atoms with van der Waals surface area (Å²) in [5, 5.41) is 12.0. The summed E-state index contributed by atoms with van der Waals surface area (Å²) in [5.41, 5.74) is 0.819. The summed E-state index contributed by atoms with van der Waals surface area (Å²) < 4.78 is 5.35. The topological polar surface area (TPSA) is 97.2 Å². The van der Waals surface area contributed by atoms with Crippen molar-refractivity contribution in [2.24, 2.45) is 0 Å². The van der Waals surface area contributed by atoms with Crippen molar-refractivity contribution in [1.82, 2.24) is 15.0 Å². The number of hydrogen-bond donors (Lipinski definition) is 2. The van der Waals surface area contributed by atoms with Crippen molar-refractivity contribution in [1.29, 1.82) is 0 Å². The molecule has 0 bridgehead atoms. The highest BCUT2D eigenvalue weighted by molar-refractivity contribution is 5.87. The highest BCUT2D eigenvalue weighted by Gasteiger charge is 2.06. The number of pyridine rings is 1. The number of ether oxygens (including phenoxy) is 1. The second-order valence-electron chi connectivity index (χ2n) is 4.27. The monoisotopic (exact) mass is 288 g/mol. The molecule has 2 aromatic rings. The van der Waals surface area contributed by atoms with Crippen molar-refractivity contribution in [3.05, 3.63) is 41.5 Å². The van der Waals surface area contributed by atoms with Crippen LogP contribution in [0.1, 0.15) is 28.8 Å². The van der Waals surface area contributed by atoms with Crippen molar-refractivity contribution >= 4 is 11.8 Å². The Hall–Kier alpha value is -2.70. The molecule has 2 rings (SSSR count). The molecule has 0 fully saturated rings. The van der Waals surface area contributed by atoms with Gasteiger partial charge in [0.25, 0.3) is 0 Å². The Morgan fingerprint density at radius 3 is 2.90 bits per heavy atom. The minimum absolute atomic E-state index is 0.204. The smallest absolute Gasteiger partial charge is 0.335 e. The second-order valence-corrected chi connectivity index (χ2v) is 4.27. The average molecular weight is 288 g/mol. The maximum absolute atomic E-state index is 10.9. The molecule has 7 heteroatoms. The number of nitrogens with zero attached hydrogens (tertiary/aromatic N) is 3. The third kappa shape index (κ3) is 4.13. The number of hydrogen-bond acceptors (Lipinski definition) is 6. The zero-order chi connectivity index (χ0) is 15.2. The van der Waals surface area contributed by atoms with E-state index >= 15 is 0 Å². The van der Waals surface area contributed by atoms with Gasteiger partial charge in [0.05, 0.1) is 24.4 Å². The van der Waals surface area contributed by atoms with E-state index in [-0.39, 0.29) is 5.56 Å². The highest BCUT2D eigenvalue weighted by atomic mass is 16.5. The van der Waals surface area contributed by atoms with Gasteiger partial charge in [-0.1, -0.05) is 0 Å². The molecule has 0 atom stereocenters. The van der Waals surface area contributed by atoms with Crippen molar-refractivity contribution in [3.63, 3.8) is 0 Å². The zero-order valence-corrected chi connectivity index (χ0v) is 11.8. The molecular formula is C14H16N4O3. The highest BCUT2D eigenvalue weighted by Crippen LogP contribution is 2.14. The molecule has 0 spiro atoms. The standard InChI is InChI=1S/C14H16N4O3/c1-3-21-13-7-12(17-9(2)18-13)16-8-11-6-10(14(19)20)4-5-15-11/h4-7H,3,8H2,1-2H3,(H,19,20)(H,16,17,18). The summed E-state index contributed by atoms with van der Waals surface area (Å²) >= 11 is 0. The van der Waals surface area contributed by atoms with E-state index in [9.17, 15) is 4.79 Å². The fourth-order valence-corrected chi connectivity index (χ4v) is 1.74. The molecule has 2 N–H and O–H groups in total. The van der Waals surface area contributed by atoms with Gasteiger partial charge in [0.2, 0.25) is 5.88 Å². The van der Waals surface area contributed by atoms with E-state index in [2.05, 4.69) is 20.3 Å². The third-order valence-corrected chi connectivity index (χ3v) is 2.62. The quantitative estimate of drug-likeness (QED) is 0.837. The molecule has 0 amide bonds. The number of carboxylic acid groups (broad SMARTS) is 1.